The van der Waals surface area contributed by atoms with Crippen LogP contribution in [0.3, 0.4) is 0 Å². The van der Waals surface area contributed by atoms with Gasteiger partial charge in [0.05, 0.1) is 24.6 Å². The van der Waals surface area contributed by atoms with E-state index in [1.54, 1.807) is 7.11 Å². The van der Waals surface area contributed by atoms with Crippen LogP contribution in [-0.2, 0) is 0 Å². The van der Waals surface area contributed by atoms with E-state index in [9.17, 15) is 0 Å². The van der Waals surface area contributed by atoms with Gasteiger partial charge in [-0.1, -0.05) is 54.1 Å². The smallest absolute Gasteiger partial charge is 0.118 e. The molecule has 3 aromatic rings. The summed E-state index contributed by atoms with van der Waals surface area (Å²) in [6.07, 6.45) is 0.846. The van der Waals surface area contributed by atoms with Crippen molar-refractivity contribution in [2.75, 3.05) is 12.1 Å². The first-order valence-electron chi connectivity index (χ1n) is 8.56. The van der Waals surface area contributed by atoms with Gasteiger partial charge < -0.3 is 4.74 Å². The van der Waals surface area contributed by atoms with E-state index in [1.807, 2.05) is 54.6 Å². The third-order valence-corrected chi connectivity index (χ3v) is 4.86. The van der Waals surface area contributed by atoms with Gasteiger partial charge in [0.25, 0.3) is 0 Å². The molecule has 0 fully saturated rings. The molecule has 3 aromatic carbocycles. The van der Waals surface area contributed by atoms with Gasteiger partial charge in [0, 0.05) is 11.4 Å². The van der Waals surface area contributed by atoms with Crippen molar-refractivity contribution in [1.82, 2.24) is 0 Å². The second-order valence-corrected chi connectivity index (χ2v) is 6.66. The summed E-state index contributed by atoms with van der Waals surface area (Å²) in [5.41, 5.74) is 4.47. The first kappa shape index (κ1) is 16.7. The Morgan fingerprint density at radius 2 is 1.62 bits per heavy atom. The van der Waals surface area contributed by atoms with Gasteiger partial charge in [0.15, 0.2) is 0 Å². The fraction of sp³-hybridized carbons (Fsp3) is 0.136. The van der Waals surface area contributed by atoms with Gasteiger partial charge in [0.1, 0.15) is 5.75 Å². The maximum Gasteiger partial charge on any atom is 0.118 e. The van der Waals surface area contributed by atoms with Crippen LogP contribution in [-0.4, -0.2) is 12.8 Å². The van der Waals surface area contributed by atoms with Crippen molar-refractivity contribution in [3.63, 3.8) is 0 Å². The van der Waals surface area contributed by atoms with Crippen molar-refractivity contribution in [3.8, 4) is 5.75 Å². The number of nitrogens with zero attached hydrogens (tertiary/aromatic N) is 2. The summed E-state index contributed by atoms with van der Waals surface area (Å²) in [5.74, 6) is 0.856. The zero-order valence-electron chi connectivity index (χ0n) is 14.5. The number of hydrogen-bond acceptors (Lipinski definition) is 3. The Morgan fingerprint density at radius 1 is 0.923 bits per heavy atom. The zero-order chi connectivity index (χ0) is 17.9. The normalized spacial score (nSPS) is 16.5. The number of anilines is 1. The van der Waals surface area contributed by atoms with Crippen LogP contribution in [0.25, 0.3) is 0 Å². The molecule has 0 amide bonds. The zero-order valence-corrected chi connectivity index (χ0v) is 15.2. The van der Waals surface area contributed by atoms with Crippen LogP contribution in [0.15, 0.2) is 84.0 Å². The molecule has 1 aliphatic rings. The molecule has 0 aromatic heterocycles. The van der Waals surface area contributed by atoms with Crippen LogP contribution >= 0.6 is 11.6 Å². The summed E-state index contributed by atoms with van der Waals surface area (Å²) in [6, 6.07) is 26.5. The molecule has 4 heteroatoms. The lowest BCUT2D eigenvalue weighted by Crippen LogP contribution is -2.18. The minimum atomic E-state index is 0.136. The molecule has 130 valence electrons. The van der Waals surface area contributed by atoms with Gasteiger partial charge in [0.2, 0.25) is 0 Å². The largest absolute Gasteiger partial charge is 0.497 e. The Kier molecular flexibility index (Phi) is 4.63. The standard InChI is InChI=1S/C22H19ClN2O/c1-26-20-13-7-17(8-14-20)22-15-21(16-5-3-2-4-6-16)24-25(22)19-11-9-18(23)10-12-19/h2-14,22H,15H2,1H3/t22-/m0/s1. The maximum atomic E-state index is 6.06. The van der Waals surface area contributed by atoms with Gasteiger partial charge in [-0.15, -0.1) is 0 Å². The van der Waals surface area contributed by atoms with E-state index in [2.05, 4.69) is 29.3 Å². The molecule has 0 saturated carbocycles. The fourth-order valence-corrected chi connectivity index (χ4v) is 3.36. The lowest BCUT2D eigenvalue weighted by atomic mass is 9.98. The predicted octanol–water partition coefficient (Wildman–Crippen LogP) is 5.70. The van der Waals surface area contributed by atoms with Crippen molar-refractivity contribution < 1.29 is 4.74 Å². The van der Waals surface area contributed by atoms with Gasteiger partial charge in [-0.2, -0.15) is 5.10 Å². The van der Waals surface area contributed by atoms with Crippen LogP contribution in [0.4, 0.5) is 5.69 Å². The fourth-order valence-electron chi connectivity index (χ4n) is 3.23. The average molecular weight is 363 g/mol. The van der Waals surface area contributed by atoms with Gasteiger partial charge in [-0.3, -0.25) is 5.01 Å². The van der Waals surface area contributed by atoms with E-state index in [0.717, 1.165) is 34.2 Å². The number of halogens is 1. The summed E-state index contributed by atoms with van der Waals surface area (Å²) < 4.78 is 5.29. The van der Waals surface area contributed by atoms with Crippen LogP contribution in [0, 0.1) is 0 Å². The van der Waals surface area contributed by atoms with Gasteiger partial charge >= 0.3 is 0 Å². The van der Waals surface area contributed by atoms with Crippen molar-refractivity contribution in [2.45, 2.75) is 12.5 Å². The summed E-state index contributed by atoms with van der Waals surface area (Å²) >= 11 is 6.06. The Balaban J connectivity index is 1.72. The molecule has 0 unspecified atom stereocenters. The highest BCUT2D eigenvalue weighted by Crippen LogP contribution is 2.37. The van der Waals surface area contributed by atoms with Crippen LogP contribution < -0.4 is 9.75 Å². The maximum absolute atomic E-state index is 6.06. The monoisotopic (exact) mass is 362 g/mol. The molecule has 0 saturated heterocycles. The molecule has 3 nitrogen and oxygen atoms in total. The Morgan fingerprint density at radius 3 is 2.27 bits per heavy atom. The first-order valence-corrected chi connectivity index (χ1v) is 8.94. The van der Waals surface area contributed by atoms with Gasteiger partial charge in [-0.05, 0) is 47.5 Å². The third-order valence-electron chi connectivity index (χ3n) is 4.61. The number of ether oxygens (including phenoxy) is 1. The van der Waals surface area contributed by atoms with Crippen LogP contribution in [0.5, 0.6) is 5.75 Å². The second kappa shape index (κ2) is 7.22. The summed E-state index contributed by atoms with van der Waals surface area (Å²) in [6.45, 7) is 0. The SMILES string of the molecule is COc1ccc([C@@H]2CC(c3ccccc3)=NN2c2ccc(Cl)cc2)cc1. The summed E-state index contributed by atoms with van der Waals surface area (Å²) in [4.78, 5) is 0. The predicted molar refractivity (Wildman–Crippen MR) is 107 cm³/mol. The molecule has 0 N–H and O–H groups in total. The Bertz CT molecular complexity index is 905. The van der Waals surface area contributed by atoms with E-state index in [4.69, 9.17) is 21.4 Å². The highest BCUT2D eigenvalue weighted by Gasteiger charge is 2.29. The van der Waals surface area contributed by atoms with E-state index in [1.165, 1.54) is 5.56 Å². The minimum Gasteiger partial charge on any atom is -0.497 e. The molecular formula is C22H19ClN2O. The Labute approximate surface area is 158 Å². The topological polar surface area (TPSA) is 24.8 Å². The van der Waals surface area contributed by atoms with Crippen LogP contribution in [0.2, 0.25) is 5.02 Å². The number of benzene rings is 3. The highest BCUT2D eigenvalue weighted by molar-refractivity contribution is 6.30. The van der Waals surface area contributed by atoms with Crippen molar-refractivity contribution >= 4 is 23.0 Å². The van der Waals surface area contributed by atoms with Crippen molar-refractivity contribution in [3.05, 3.63) is 95.0 Å². The average Bonchev–Trinajstić information content (AvgIpc) is 3.15. The lowest BCUT2D eigenvalue weighted by molar-refractivity contribution is 0.414. The molecule has 1 heterocycles. The van der Waals surface area contributed by atoms with E-state index >= 15 is 0 Å². The number of hydrazone groups is 1. The van der Waals surface area contributed by atoms with Crippen molar-refractivity contribution in [2.24, 2.45) is 5.10 Å². The van der Waals surface area contributed by atoms with E-state index in [-0.39, 0.29) is 6.04 Å². The summed E-state index contributed by atoms with van der Waals surface area (Å²) in [5, 5.41) is 7.74. The molecule has 1 atom stereocenters. The van der Waals surface area contributed by atoms with Crippen LogP contribution in [0.1, 0.15) is 23.6 Å². The number of rotatable bonds is 4. The highest BCUT2D eigenvalue weighted by atomic mass is 35.5. The first-order chi connectivity index (χ1) is 12.7. The Hall–Kier alpha value is -2.78. The molecule has 1 aliphatic heterocycles. The van der Waals surface area contributed by atoms with E-state index in [0.29, 0.717) is 0 Å². The molecule has 4 rings (SSSR count). The quantitative estimate of drug-likeness (QED) is 0.594. The molecule has 0 aliphatic carbocycles. The molecule has 26 heavy (non-hydrogen) atoms. The number of hydrogen-bond donors (Lipinski definition) is 0. The molecular weight excluding hydrogens is 344 g/mol. The van der Waals surface area contributed by atoms with Crippen molar-refractivity contribution in [1.29, 1.82) is 0 Å². The molecule has 0 bridgehead atoms. The molecule has 0 spiro atoms. The molecule has 0 radical (unpaired) electrons. The lowest BCUT2D eigenvalue weighted by Gasteiger charge is -2.24. The second-order valence-electron chi connectivity index (χ2n) is 6.23. The number of methoxy groups -OCH3 is 1. The summed E-state index contributed by atoms with van der Waals surface area (Å²) in [7, 11) is 1.68. The minimum absolute atomic E-state index is 0.136. The third kappa shape index (κ3) is 3.31. The van der Waals surface area contributed by atoms with E-state index < -0.39 is 0 Å². The van der Waals surface area contributed by atoms with Gasteiger partial charge in [-0.25, -0.2) is 0 Å².